The second-order valence-corrected chi connectivity index (χ2v) is 6.99. The molecule has 1 aliphatic rings. The molecule has 2 aromatic heterocycles. The van der Waals surface area contributed by atoms with E-state index in [9.17, 15) is 31.4 Å². The van der Waals surface area contributed by atoms with Crippen molar-refractivity contribution in [2.75, 3.05) is 10.6 Å². The zero-order chi connectivity index (χ0) is 21.9. The molecule has 30 heavy (non-hydrogen) atoms. The smallest absolute Gasteiger partial charge is 0.393 e. The van der Waals surface area contributed by atoms with Crippen LogP contribution in [-0.2, 0) is 18.9 Å². The van der Waals surface area contributed by atoms with Crippen LogP contribution in [0.2, 0.25) is 0 Å². The monoisotopic (exact) mass is 435 g/mol. The maximum Gasteiger partial charge on any atom is 0.421 e. The first kappa shape index (κ1) is 22.1. The summed E-state index contributed by atoms with van der Waals surface area (Å²) in [4.78, 5) is 11.1. The normalized spacial score (nSPS) is 20.1. The Hall–Kier alpha value is -2.63. The van der Waals surface area contributed by atoms with Gasteiger partial charge in [-0.05, 0) is 31.7 Å². The third kappa shape index (κ3) is 5.49. The second-order valence-electron chi connectivity index (χ2n) is 6.99. The highest BCUT2D eigenvalue weighted by Crippen LogP contribution is 2.35. The molecule has 1 fully saturated rings. The van der Waals surface area contributed by atoms with Gasteiger partial charge in [0.25, 0.3) is 0 Å². The van der Waals surface area contributed by atoms with E-state index in [0.717, 1.165) is 18.5 Å². The fraction of sp³-hybridized carbons (Fsp3) is 0.500. The highest BCUT2D eigenvalue weighted by Gasteiger charge is 2.36. The number of aliphatic hydroxyl groups is 1. The number of nitrogens with one attached hydrogen (secondary N) is 2. The van der Waals surface area contributed by atoms with Crippen molar-refractivity contribution in [1.82, 2.24) is 15.0 Å². The number of pyridine rings is 1. The van der Waals surface area contributed by atoms with Crippen molar-refractivity contribution in [2.45, 2.75) is 56.7 Å². The summed E-state index contributed by atoms with van der Waals surface area (Å²) in [5, 5.41) is 14.8. The number of hydrogen-bond donors (Lipinski definition) is 3. The summed E-state index contributed by atoms with van der Waals surface area (Å²) in [6.07, 6.45) is -5.32. The summed E-state index contributed by atoms with van der Waals surface area (Å²) < 4.78 is 79.2. The van der Waals surface area contributed by atoms with Crippen LogP contribution < -0.4 is 10.6 Å². The molecule has 0 aromatic carbocycles. The Kier molecular flexibility index (Phi) is 6.34. The second kappa shape index (κ2) is 8.62. The van der Waals surface area contributed by atoms with Gasteiger partial charge in [-0.25, -0.2) is 4.98 Å². The van der Waals surface area contributed by atoms with E-state index in [1.165, 1.54) is 0 Å². The van der Waals surface area contributed by atoms with E-state index in [-0.39, 0.29) is 24.1 Å². The largest absolute Gasteiger partial charge is 0.421 e. The maximum absolute atomic E-state index is 13.3. The SMILES string of the molecule is O[C@H]1CC[C@@H](Nc2nc(NCc3cnccc3C(F)(F)F)ncc2C(F)(F)F)CC1. The average Bonchev–Trinajstić information content (AvgIpc) is 2.67. The van der Waals surface area contributed by atoms with Gasteiger partial charge in [-0.15, -0.1) is 0 Å². The molecular formula is C18H19F6N5O. The Labute approximate surface area is 167 Å². The van der Waals surface area contributed by atoms with Crippen molar-refractivity contribution in [3.8, 4) is 0 Å². The van der Waals surface area contributed by atoms with Crippen molar-refractivity contribution in [2.24, 2.45) is 0 Å². The summed E-state index contributed by atoms with van der Waals surface area (Å²) in [7, 11) is 0. The van der Waals surface area contributed by atoms with E-state index in [2.05, 4.69) is 25.6 Å². The van der Waals surface area contributed by atoms with Crippen molar-refractivity contribution in [3.63, 3.8) is 0 Å². The quantitative estimate of drug-likeness (QED) is 0.610. The van der Waals surface area contributed by atoms with Crippen LogP contribution in [-0.4, -0.2) is 32.2 Å². The molecule has 6 nitrogen and oxygen atoms in total. The van der Waals surface area contributed by atoms with Gasteiger partial charge in [0.1, 0.15) is 11.4 Å². The molecule has 3 N–H and O–H groups in total. The van der Waals surface area contributed by atoms with Crippen molar-refractivity contribution in [3.05, 3.63) is 41.3 Å². The predicted octanol–water partition coefficient (Wildman–Crippen LogP) is 4.24. The number of halogens is 6. The lowest BCUT2D eigenvalue weighted by molar-refractivity contribution is -0.138. The topological polar surface area (TPSA) is 83.0 Å². The van der Waals surface area contributed by atoms with E-state index < -0.39 is 35.4 Å². The molecule has 0 spiro atoms. The summed E-state index contributed by atoms with van der Waals surface area (Å²) in [6, 6.07) is 0.502. The van der Waals surface area contributed by atoms with E-state index in [1.54, 1.807) is 0 Å². The van der Waals surface area contributed by atoms with Crippen LogP contribution in [0.5, 0.6) is 0 Å². The maximum atomic E-state index is 13.3. The lowest BCUT2D eigenvalue weighted by Gasteiger charge is -2.27. The van der Waals surface area contributed by atoms with E-state index >= 15 is 0 Å². The number of anilines is 2. The van der Waals surface area contributed by atoms with Gasteiger partial charge in [0.05, 0.1) is 11.7 Å². The predicted molar refractivity (Wildman–Crippen MR) is 95.5 cm³/mol. The Morgan fingerprint density at radius 2 is 1.63 bits per heavy atom. The minimum Gasteiger partial charge on any atom is -0.393 e. The first-order valence-corrected chi connectivity index (χ1v) is 9.17. The third-order valence-corrected chi connectivity index (χ3v) is 4.78. The van der Waals surface area contributed by atoms with E-state index in [4.69, 9.17) is 0 Å². The summed E-state index contributed by atoms with van der Waals surface area (Å²) in [5.74, 6) is -0.707. The number of aromatic nitrogens is 3. The number of aliphatic hydroxyl groups excluding tert-OH is 1. The molecule has 0 unspecified atom stereocenters. The van der Waals surface area contributed by atoms with Gasteiger partial charge >= 0.3 is 12.4 Å². The van der Waals surface area contributed by atoms with Crippen molar-refractivity contribution < 1.29 is 31.4 Å². The zero-order valence-corrected chi connectivity index (χ0v) is 15.6. The molecule has 12 heteroatoms. The molecule has 0 saturated heterocycles. The van der Waals surface area contributed by atoms with E-state index in [0.29, 0.717) is 31.9 Å². The lowest BCUT2D eigenvalue weighted by atomic mass is 9.93. The van der Waals surface area contributed by atoms with Crippen molar-refractivity contribution >= 4 is 11.8 Å². The van der Waals surface area contributed by atoms with Gasteiger partial charge in [-0.2, -0.15) is 31.3 Å². The van der Waals surface area contributed by atoms with E-state index in [1.807, 2.05) is 0 Å². The molecule has 3 rings (SSSR count). The van der Waals surface area contributed by atoms with Gasteiger partial charge in [-0.3, -0.25) is 4.98 Å². The van der Waals surface area contributed by atoms with Gasteiger partial charge in [-0.1, -0.05) is 0 Å². The van der Waals surface area contributed by atoms with Crippen LogP contribution in [0, 0.1) is 0 Å². The van der Waals surface area contributed by atoms with Gasteiger partial charge in [0.2, 0.25) is 5.95 Å². The Morgan fingerprint density at radius 3 is 2.27 bits per heavy atom. The number of nitrogens with zero attached hydrogens (tertiary/aromatic N) is 3. The number of rotatable bonds is 5. The standard InChI is InChI=1S/C18H19F6N5O/c19-17(20,21)13-5-6-25-7-10(13)8-26-16-27-9-14(18(22,23)24)15(29-16)28-11-1-3-12(30)4-2-11/h5-7,9,11-12,30H,1-4,8H2,(H2,26,27,28,29)/t11-,12+. The Balaban J connectivity index is 1.80. The third-order valence-electron chi connectivity index (χ3n) is 4.78. The minimum atomic E-state index is -4.71. The molecule has 0 radical (unpaired) electrons. The van der Waals surface area contributed by atoms with Crippen LogP contribution in [0.25, 0.3) is 0 Å². The summed E-state index contributed by atoms with van der Waals surface area (Å²) in [5.41, 5.74) is -2.17. The summed E-state index contributed by atoms with van der Waals surface area (Å²) >= 11 is 0. The highest BCUT2D eigenvalue weighted by molar-refractivity contribution is 5.49. The van der Waals surface area contributed by atoms with Crippen LogP contribution in [0.4, 0.5) is 38.1 Å². The first-order valence-electron chi connectivity index (χ1n) is 9.17. The molecule has 2 aromatic rings. The molecule has 1 saturated carbocycles. The minimum absolute atomic E-state index is 0.190. The van der Waals surface area contributed by atoms with Gasteiger partial charge < -0.3 is 15.7 Å². The van der Waals surface area contributed by atoms with Crippen LogP contribution >= 0.6 is 0 Å². The molecule has 0 bridgehead atoms. The number of alkyl halides is 6. The van der Waals surface area contributed by atoms with Crippen molar-refractivity contribution in [1.29, 1.82) is 0 Å². The number of hydrogen-bond acceptors (Lipinski definition) is 6. The Morgan fingerprint density at radius 1 is 0.967 bits per heavy atom. The molecule has 164 valence electrons. The van der Waals surface area contributed by atoms with Crippen LogP contribution in [0.15, 0.2) is 24.7 Å². The lowest BCUT2D eigenvalue weighted by Crippen LogP contribution is -2.30. The fourth-order valence-electron chi connectivity index (χ4n) is 3.22. The van der Waals surface area contributed by atoms with Gasteiger partial charge in [0.15, 0.2) is 0 Å². The molecule has 2 heterocycles. The summed E-state index contributed by atoms with van der Waals surface area (Å²) in [6.45, 7) is -0.372. The molecule has 1 aliphatic carbocycles. The zero-order valence-electron chi connectivity index (χ0n) is 15.6. The average molecular weight is 435 g/mol. The van der Waals surface area contributed by atoms with Crippen LogP contribution in [0.3, 0.4) is 0 Å². The van der Waals surface area contributed by atoms with Gasteiger partial charge in [0, 0.05) is 36.7 Å². The molecule has 0 amide bonds. The Bertz CT molecular complexity index is 865. The van der Waals surface area contributed by atoms with Crippen LogP contribution in [0.1, 0.15) is 42.4 Å². The fourth-order valence-corrected chi connectivity index (χ4v) is 3.22. The highest BCUT2D eigenvalue weighted by atomic mass is 19.4. The first-order chi connectivity index (χ1) is 14.0. The molecular weight excluding hydrogens is 416 g/mol. The molecule has 0 aliphatic heterocycles. The molecule has 0 atom stereocenters.